The molecule has 1 aliphatic rings. The van der Waals surface area contributed by atoms with Crippen molar-refractivity contribution in [2.24, 2.45) is 0 Å². The molecule has 5 rings (SSSR count). The highest BCUT2D eigenvalue weighted by Gasteiger charge is 2.44. The second-order valence-corrected chi connectivity index (χ2v) is 9.33. The number of nitrogens with zero attached hydrogens (tertiary/aromatic N) is 1. The van der Waals surface area contributed by atoms with E-state index in [2.05, 4.69) is 4.98 Å². The van der Waals surface area contributed by atoms with E-state index >= 15 is 0 Å². The number of ether oxygens (including phenoxy) is 3. The third-order valence-electron chi connectivity index (χ3n) is 7.14. The van der Waals surface area contributed by atoms with Gasteiger partial charge in [0.25, 0.3) is 5.91 Å². The first-order valence-corrected chi connectivity index (χ1v) is 12.6. The summed E-state index contributed by atoms with van der Waals surface area (Å²) in [4.78, 5) is 31.9. The van der Waals surface area contributed by atoms with E-state index in [4.69, 9.17) is 14.2 Å². The van der Waals surface area contributed by atoms with E-state index in [1.165, 1.54) is 12.0 Å². The molecule has 1 amide bonds. The van der Waals surface area contributed by atoms with Crippen LogP contribution in [0.2, 0.25) is 0 Å². The molecule has 0 unspecified atom stereocenters. The van der Waals surface area contributed by atoms with Gasteiger partial charge in [0.2, 0.25) is 0 Å². The fourth-order valence-electron chi connectivity index (χ4n) is 5.15. The van der Waals surface area contributed by atoms with Gasteiger partial charge in [-0.3, -0.25) is 9.59 Å². The highest BCUT2D eigenvalue weighted by atomic mass is 16.5. The van der Waals surface area contributed by atoms with Crippen LogP contribution in [0.15, 0.2) is 84.3 Å². The molecule has 2 heterocycles. The van der Waals surface area contributed by atoms with E-state index in [0.717, 1.165) is 27.8 Å². The quantitative estimate of drug-likeness (QED) is 0.304. The van der Waals surface area contributed by atoms with Gasteiger partial charge in [0.15, 0.2) is 11.5 Å². The minimum absolute atomic E-state index is 0.0541. The van der Waals surface area contributed by atoms with Crippen molar-refractivity contribution in [1.29, 1.82) is 0 Å². The lowest BCUT2D eigenvalue weighted by Gasteiger charge is -2.28. The van der Waals surface area contributed by atoms with Gasteiger partial charge in [-0.15, -0.1) is 0 Å². The maximum absolute atomic E-state index is 13.6. The number of carbonyl (C=O) groups is 2. The van der Waals surface area contributed by atoms with Crippen molar-refractivity contribution in [3.8, 4) is 17.2 Å². The Balaban J connectivity index is 1.52. The lowest BCUT2D eigenvalue weighted by molar-refractivity contribution is -0.129. The van der Waals surface area contributed by atoms with E-state index in [-0.39, 0.29) is 24.3 Å². The molecule has 3 aromatic carbocycles. The van der Waals surface area contributed by atoms with Crippen LogP contribution in [-0.2, 0) is 22.4 Å². The Hall–Kier alpha value is -4.72. The number of H-pyrrole nitrogens is 1. The second kappa shape index (κ2) is 10.9. The van der Waals surface area contributed by atoms with Gasteiger partial charge in [0.1, 0.15) is 17.2 Å². The van der Waals surface area contributed by atoms with Gasteiger partial charge >= 0.3 is 0 Å². The zero-order valence-corrected chi connectivity index (χ0v) is 22.1. The molecule has 0 radical (unpaired) electrons. The monoisotopic (exact) mass is 526 g/mol. The molecule has 0 fully saturated rings. The summed E-state index contributed by atoms with van der Waals surface area (Å²) >= 11 is 0. The number of carbonyl (C=O) groups excluding carboxylic acids is 2. The number of fused-ring (bicyclic) bond motifs is 1. The van der Waals surface area contributed by atoms with Crippen LogP contribution >= 0.6 is 0 Å². The van der Waals surface area contributed by atoms with Gasteiger partial charge in [-0.2, -0.15) is 0 Å². The van der Waals surface area contributed by atoms with E-state index < -0.39 is 17.7 Å². The fraction of sp³-hybridized carbons (Fsp3) is 0.226. The number of ketones is 1. The van der Waals surface area contributed by atoms with E-state index in [1.54, 1.807) is 32.4 Å². The van der Waals surface area contributed by atoms with Crippen LogP contribution in [0.25, 0.3) is 10.9 Å². The van der Waals surface area contributed by atoms with Gasteiger partial charge < -0.3 is 29.2 Å². The van der Waals surface area contributed by atoms with Crippen LogP contribution in [0.4, 0.5) is 0 Å². The zero-order chi connectivity index (χ0) is 27.5. The number of nitrogens with one attached hydrogen (secondary N) is 1. The standard InChI is InChI=1S/C31H30N2O6/c1-37-21-10-12-25-24(16-21)20(18-32-25)13-14-33-29(23-11-9-22(38-2)17-27(23)39-3)28(30(35)31(33)36)26(34)15-19-7-5-4-6-8-19/h4-12,16-18,29,32,35H,13-15H2,1-3H3/t29-/m0/s1. The molecule has 39 heavy (non-hydrogen) atoms. The first kappa shape index (κ1) is 25.9. The van der Waals surface area contributed by atoms with Crippen LogP contribution in [0.1, 0.15) is 22.7 Å². The Morgan fingerprint density at radius 3 is 2.38 bits per heavy atom. The Kier molecular flexibility index (Phi) is 7.27. The summed E-state index contributed by atoms with van der Waals surface area (Å²) in [6.07, 6.45) is 2.45. The number of amides is 1. The molecule has 1 aromatic heterocycles. The van der Waals surface area contributed by atoms with Crippen molar-refractivity contribution in [1.82, 2.24) is 9.88 Å². The SMILES string of the molecule is COc1ccc([C@H]2C(C(=O)Cc3ccccc3)=C(O)C(=O)N2CCc2c[nH]c3ccc(OC)cc23)c(OC)c1. The zero-order valence-electron chi connectivity index (χ0n) is 22.1. The number of aliphatic hydroxyl groups excluding tert-OH is 1. The summed E-state index contributed by atoms with van der Waals surface area (Å²) in [5.41, 5.74) is 3.38. The Labute approximate surface area is 226 Å². The highest BCUT2D eigenvalue weighted by molar-refractivity contribution is 6.09. The Morgan fingerprint density at radius 1 is 0.949 bits per heavy atom. The number of aromatic nitrogens is 1. The number of benzene rings is 3. The summed E-state index contributed by atoms with van der Waals surface area (Å²) in [7, 11) is 4.69. The molecule has 8 nitrogen and oxygen atoms in total. The van der Waals surface area contributed by atoms with Crippen molar-refractivity contribution < 1.29 is 28.9 Å². The average molecular weight is 527 g/mol. The molecule has 0 bridgehead atoms. The minimum Gasteiger partial charge on any atom is -0.503 e. The van der Waals surface area contributed by atoms with Crippen molar-refractivity contribution in [3.63, 3.8) is 0 Å². The molecule has 1 aliphatic heterocycles. The summed E-state index contributed by atoms with van der Waals surface area (Å²) in [6.45, 7) is 0.259. The lowest BCUT2D eigenvalue weighted by Crippen LogP contribution is -2.33. The number of methoxy groups -OCH3 is 3. The fourth-order valence-corrected chi connectivity index (χ4v) is 5.15. The third-order valence-corrected chi connectivity index (χ3v) is 7.14. The van der Waals surface area contributed by atoms with Crippen LogP contribution in [0.5, 0.6) is 17.2 Å². The first-order valence-electron chi connectivity index (χ1n) is 12.6. The summed E-state index contributed by atoms with van der Waals surface area (Å²) in [5.74, 6) is 0.313. The normalized spacial score (nSPS) is 15.2. The number of Topliss-reactive ketones (excluding diaryl/α,β-unsaturated/α-hetero) is 1. The van der Waals surface area contributed by atoms with E-state index in [0.29, 0.717) is 23.5 Å². The smallest absolute Gasteiger partial charge is 0.290 e. The number of aliphatic hydroxyl groups is 1. The topological polar surface area (TPSA) is 101 Å². The third kappa shape index (κ3) is 4.93. The van der Waals surface area contributed by atoms with Crippen molar-refractivity contribution in [3.05, 3.63) is 101 Å². The maximum atomic E-state index is 13.6. The molecule has 0 saturated heterocycles. The van der Waals surface area contributed by atoms with Crippen LogP contribution < -0.4 is 14.2 Å². The van der Waals surface area contributed by atoms with Crippen LogP contribution in [0, 0.1) is 0 Å². The van der Waals surface area contributed by atoms with Crippen molar-refractivity contribution in [2.45, 2.75) is 18.9 Å². The van der Waals surface area contributed by atoms with E-state index in [9.17, 15) is 14.7 Å². The predicted molar refractivity (Wildman–Crippen MR) is 147 cm³/mol. The van der Waals surface area contributed by atoms with Gasteiger partial charge in [-0.1, -0.05) is 30.3 Å². The minimum atomic E-state index is -0.825. The predicted octanol–water partition coefficient (Wildman–Crippen LogP) is 4.94. The van der Waals surface area contributed by atoms with Gasteiger partial charge in [0.05, 0.1) is 32.9 Å². The summed E-state index contributed by atoms with van der Waals surface area (Å²) in [5, 5.41) is 12.0. The van der Waals surface area contributed by atoms with Crippen molar-refractivity contribution >= 4 is 22.6 Å². The first-order chi connectivity index (χ1) is 18.9. The van der Waals surface area contributed by atoms with Crippen LogP contribution in [0.3, 0.4) is 0 Å². The molecule has 2 N–H and O–H groups in total. The van der Waals surface area contributed by atoms with E-state index in [1.807, 2.05) is 54.7 Å². The number of aromatic amines is 1. The molecule has 8 heteroatoms. The molecule has 0 spiro atoms. The van der Waals surface area contributed by atoms with Gasteiger partial charge in [-0.25, -0.2) is 0 Å². The largest absolute Gasteiger partial charge is 0.503 e. The molecular formula is C31H30N2O6. The highest BCUT2D eigenvalue weighted by Crippen LogP contribution is 2.43. The lowest BCUT2D eigenvalue weighted by atomic mass is 9.92. The number of rotatable bonds is 10. The van der Waals surface area contributed by atoms with Gasteiger partial charge in [-0.05, 0) is 47.9 Å². The maximum Gasteiger partial charge on any atom is 0.290 e. The van der Waals surface area contributed by atoms with Gasteiger partial charge in [0, 0.05) is 41.7 Å². The number of hydrogen-bond donors (Lipinski definition) is 2. The molecule has 0 aliphatic carbocycles. The van der Waals surface area contributed by atoms with Crippen molar-refractivity contribution in [2.75, 3.05) is 27.9 Å². The second-order valence-electron chi connectivity index (χ2n) is 9.33. The molecular weight excluding hydrogens is 496 g/mol. The molecule has 1 atom stereocenters. The van der Waals surface area contributed by atoms with Crippen LogP contribution in [-0.4, -0.2) is 54.6 Å². The molecule has 0 saturated carbocycles. The number of hydrogen-bond acceptors (Lipinski definition) is 6. The molecule has 200 valence electrons. The molecule has 4 aromatic rings. The average Bonchev–Trinajstić information content (AvgIpc) is 3.48. The summed E-state index contributed by atoms with van der Waals surface area (Å²) in [6, 6.07) is 19.4. The Morgan fingerprint density at radius 2 is 1.67 bits per heavy atom. The Bertz CT molecular complexity index is 1560. The summed E-state index contributed by atoms with van der Waals surface area (Å²) < 4.78 is 16.4.